The first-order chi connectivity index (χ1) is 8.78. The number of nitrogens with zero attached hydrogens (tertiary/aromatic N) is 2. The van der Waals surface area contributed by atoms with Crippen LogP contribution in [0.4, 0.5) is 5.82 Å². The van der Waals surface area contributed by atoms with E-state index in [-0.39, 0.29) is 16.5 Å². The molecule has 0 saturated carbocycles. The molecule has 0 saturated heterocycles. The highest BCUT2D eigenvalue weighted by atomic mass is 35.5. The van der Waals surface area contributed by atoms with E-state index in [1.165, 1.54) is 26.2 Å². The second-order valence-corrected chi connectivity index (χ2v) is 6.62. The number of pyridine rings is 1. The van der Waals surface area contributed by atoms with Gasteiger partial charge in [0.25, 0.3) is 0 Å². The third-order valence-corrected chi connectivity index (χ3v) is 4.47. The number of hydrogen-bond donors (Lipinski definition) is 2. The number of anilines is 1. The molecule has 0 bridgehead atoms. The summed E-state index contributed by atoms with van der Waals surface area (Å²) >= 11 is 5.97. The Labute approximate surface area is 118 Å². The Morgan fingerprint density at radius 3 is 2.68 bits per heavy atom. The van der Waals surface area contributed by atoms with Crippen molar-refractivity contribution in [2.24, 2.45) is 0 Å². The monoisotopic (exact) mass is 307 g/mol. The van der Waals surface area contributed by atoms with Gasteiger partial charge in [0.1, 0.15) is 10.7 Å². The molecule has 2 N–H and O–H groups in total. The Morgan fingerprint density at radius 2 is 2.21 bits per heavy atom. The van der Waals surface area contributed by atoms with Crippen LogP contribution in [0.1, 0.15) is 13.8 Å². The molecule has 1 heterocycles. The number of sulfonamides is 1. The standard InChI is InChI=1S/C11H18ClN3O3S/c1-4-13-11-10(12)5-9(6-14-11)19(17,18)15(3)7-8(2)16/h5-6,8,16H,4,7H2,1-3H3,(H,13,14). The van der Waals surface area contributed by atoms with E-state index in [4.69, 9.17) is 11.6 Å². The summed E-state index contributed by atoms with van der Waals surface area (Å²) < 4.78 is 25.4. The summed E-state index contributed by atoms with van der Waals surface area (Å²) in [6, 6.07) is 1.35. The van der Waals surface area contributed by atoms with E-state index in [2.05, 4.69) is 10.3 Å². The summed E-state index contributed by atoms with van der Waals surface area (Å²) in [5.41, 5.74) is 0. The molecule has 1 aromatic rings. The molecule has 0 spiro atoms. The van der Waals surface area contributed by atoms with Gasteiger partial charge in [-0.05, 0) is 19.9 Å². The van der Waals surface area contributed by atoms with E-state index < -0.39 is 16.1 Å². The number of halogens is 1. The molecule has 0 aromatic carbocycles. The molecule has 108 valence electrons. The van der Waals surface area contributed by atoms with Crippen LogP contribution in [0.2, 0.25) is 5.02 Å². The topological polar surface area (TPSA) is 82.5 Å². The van der Waals surface area contributed by atoms with Crippen LogP contribution in [-0.4, -0.2) is 49.1 Å². The number of rotatable bonds is 6. The zero-order chi connectivity index (χ0) is 14.6. The number of aliphatic hydroxyl groups is 1. The van der Waals surface area contributed by atoms with Gasteiger partial charge in [0, 0.05) is 26.3 Å². The number of likely N-dealkylation sites (N-methyl/N-ethyl adjacent to an activating group) is 1. The van der Waals surface area contributed by atoms with Crippen LogP contribution in [0, 0.1) is 0 Å². The maximum atomic E-state index is 12.2. The lowest BCUT2D eigenvalue weighted by Crippen LogP contribution is -2.33. The first-order valence-corrected chi connectivity index (χ1v) is 7.64. The Hall–Kier alpha value is -0.890. The fraction of sp³-hybridized carbons (Fsp3) is 0.545. The van der Waals surface area contributed by atoms with Crippen molar-refractivity contribution in [1.82, 2.24) is 9.29 Å². The number of hydrogen-bond acceptors (Lipinski definition) is 5. The van der Waals surface area contributed by atoms with Gasteiger partial charge in [-0.3, -0.25) is 0 Å². The second-order valence-electron chi connectivity index (χ2n) is 4.17. The van der Waals surface area contributed by atoms with Crippen molar-refractivity contribution in [3.05, 3.63) is 17.3 Å². The van der Waals surface area contributed by atoms with Crippen molar-refractivity contribution < 1.29 is 13.5 Å². The van der Waals surface area contributed by atoms with Crippen molar-refractivity contribution >= 4 is 27.4 Å². The highest BCUT2D eigenvalue weighted by Gasteiger charge is 2.23. The van der Waals surface area contributed by atoms with Crippen molar-refractivity contribution in [2.75, 3.05) is 25.5 Å². The van der Waals surface area contributed by atoms with E-state index in [9.17, 15) is 13.5 Å². The minimum Gasteiger partial charge on any atom is -0.392 e. The fourth-order valence-electron chi connectivity index (χ4n) is 1.51. The quantitative estimate of drug-likeness (QED) is 0.824. The minimum atomic E-state index is -3.69. The molecule has 0 aliphatic carbocycles. The Morgan fingerprint density at radius 1 is 1.58 bits per heavy atom. The summed E-state index contributed by atoms with van der Waals surface area (Å²) in [5.74, 6) is 0.446. The lowest BCUT2D eigenvalue weighted by atomic mass is 10.4. The Bertz CT molecular complexity index is 534. The molecule has 0 aliphatic rings. The molecular weight excluding hydrogens is 290 g/mol. The van der Waals surface area contributed by atoms with E-state index in [1.807, 2.05) is 6.92 Å². The largest absolute Gasteiger partial charge is 0.392 e. The van der Waals surface area contributed by atoms with Gasteiger partial charge in [0.15, 0.2) is 0 Å². The zero-order valence-corrected chi connectivity index (χ0v) is 12.7. The average Bonchev–Trinajstić information content (AvgIpc) is 2.31. The van der Waals surface area contributed by atoms with Gasteiger partial charge in [-0.25, -0.2) is 13.4 Å². The molecule has 0 radical (unpaired) electrons. The van der Waals surface area contributed by atoms with E-state index >= 15 is 0 Å². The van der Waals surface area contributed by atoms with Gasteiger partial charge in [-0.15, -0.1) is 0 Å². The average molecular weight is 308 g/mol. The number of aliphatic hydroxyl groups excluding tert-OH is 1. The molecular formula is C11H18ClN3O3S. The summed E-state index contributed by atoms with van der Waals surface area (Å²) in [7, 11) is -2.29. The summed E-state index contributed by atoms with van der Waals surface area (Å²) in [6.07, 6.45) is 0.502. The summed E-state index contributed by atoms with van der Waals surface area (Å²) in [6.45, 7) is 4.06. The number of aromatic nitrogens is 1. The third-order valence-electron chi connectivity index (χ3n) is 2.39. The smallest absolute Gasteiger partial charge is 0.244 e. The van der Waals surface area contributed by atoms with Crippen molar-refractivity contribution in [3.63, 3.8) is 0 Å². The highest BCUT2D eigenvalue weighted by molar-refractivity contribution is 7.89. The lowest BCUT2D eigenvalue weighted by molar-refractivity contribution is 0.171. The number of nitrogens with one attached hydrogen (secondary N) is 1. The van der Waals surface area contributed by atoms with E-state index in [0.717, 1.165) is 4.31 Å². The SMILES string of the molecule is CCNc1ncc(S(=O)(=O)N(C)CC(C)O)cc1Cl. The predicted octanol–water partition coefficient (Wildman–Crippen LogP) is 1.17. The summed E-state index contributed by atoms with van der Waals surface area (Å²) in [5, 5.41) is 12.4. The van der Waals surface area contributed by atoms with Crippen LogP contribution in [-0.2, 0) is 10.0 Å². The van der Waals surface area contributed by atoms with Crippen LogP contribution in [0.15, 0.2) is 17.2 Å². The molecule has 6 nitrogen and oxygen atoms in total. The van der Waals surface area contributed by atoms with Gasteiger partial charge in [0.05, 0.1) is 11.1 Å². The fourth-order valence-corrected chi connectivity index (χ4v) is 3.03. The van der Waals surface area contributed by atoms with E-state index in [1.54, 1.807) is 0 Å². The molecule has 8 heteroatoms. The van der Waals surface area contributed by atoms with E-state index in [0.29, 0.717) is 12.4 Å². The van der Waals surface area contributed by atoms with Gasteiger partial charge in [0.2, 0.25) is 10.0 Å². The first-order valence-electron chi connectivity index (χ1n) is 5.82. The second kappa shape index (κ2) is 6.51. The molecule has 0 amide bonds. The maximum absolute atomic E-state index is 12.2. The summed E-state index contributed by atoms with van der Waals surface area (Å²) in [4.78, 5) is 3.99. The minimum absolute atomic E-state index is 0.00213. The Kier molecular flexibility index (Phi) is 5.54. The van der Waals surface area contributed by atoms with Crippen LogP contribution in [0.25, 0.3) is 0 Å². The first kappa shape index (κ1) is 16.2. The molecule has 0 fully saturated rings. The van der Waals surface area contributed by atoms with Gasteiger partial charge >= 0.3 is 0 Å². The normalized spacial score (nSPS) is 13.6. The molecule has 1 atom stereocenters. The van der Waals surface area contributed by atoms with Gasteiger partial charge in [-0.2, -0.15) is 4.31 Å². The van der Waals surface area contributed by atoms with Crippen LogP contribution in [0.5, 0.6) is 0 Å². The highest BCUT2D eigenvalue weighted by Crippen LogP contribution is 2.23. The lowest BCUT2D eigenvalue weighted by Gasteiger charge is -2.18. The zero-order valence-electron chi connectivity index (χ0n) is 11.1. The molecule has 0 aliphatic heterocycles. The Balaban J connectivity index is 3.05. The third kappa shape index (κ3) is 4.04. The van der Waals surface area contributed by atoms with Crippen LogP contribution < -0.4 is 5.32 Å². The van der Waals surface area contributed by atoms with Crippen LogP contribution in [0.3, 0.4) is 0 Å². The predicted molar refractivity (Wildman–Crippen MR) is 74.9 cm³/mol. The molecule has 19 heavy (non-hydrogen) atoms. The maximum Gasteiger partial charge on any atom is 0.244 e. The molecule has 1 aromatic heterocycles. The van der Waals surface area contributed by atoms with Crippen molar-refractivity contribution in [1.29, 1.82) is 0 Å². The van der Waals surface area contributed by atoms with Gasteiger partial charge < -0.3 is 10.4 Å². The van der Waals surface area contributed by atoms with Crippen LogP contribution >= 0.6 is 11.6 Å². The molecule has 1 unspecified atom stereocenters. The van der Waals surface area contributed by atoms with Crippen molar-refractivity contribution in [2.45, 2.75) is 24.8 Å². The molecule has 1 rings (SSSR count). The van der Waals surface area contributed by atoms with Gasteiger partial charge in [-0.1, -0.05) is 11.6 Å². The van der Waals surface area contributed by atoms with Crippen molar-refractivity contribution in [3.8, 4) is 0 Å².